The highest BCUT2D eigenvalue weighted by Crippen LogP contribution is 2.72. The molecule has 200 valence electrons. The Morgan fingerprint density at radius 3 is 2.34 bits per heavy atom. The molecule has 0 unspecified atom stereocenters. The standard InChI is InChI=1S/C30H51O4P/c1-20(2)10-9-11-21(3)22-14-18-30(8)24-12-13-25-27(4,5)26(34-35(31,32)33)16-17-28(25,6)23(24)15-19-29(22,30)7/h10,21-22,25-26H,9,11-19H2,1-8H3,(H2,31,32,33)/t21-,22-,25+,26+,28-,29-,30+/m1/s1. The first kappa shape index (κ1) is 27.6. The molecule has 0 aromatic rings. The summed E-state index contributed by atoms with van der Waals surface area (Å²) in [6, 6.07) is 0. The molecular formula is C30H51O4P. The fourth-order valence-corrected chi connectivity index (χ4v) is 10.5. The Morgan fingerprint density at radius 1 is 1.03 bits per heavy atom. The summed E-state index contributed by atoms with van der Waals surface area (Å²) in [5, 5.41) is 0. The molecule has 2 fully saturated rings. The molecule has 0 heterocycles. The molecule has 2 N–H and O–H groups in total. The van der Waals surface area contributed by atoms with Crippen molar-refractivity contribution >= 4 is 7.82 Å². The Hall–Kier alpha value is -0.410. The van der Waals surface area contributed by atoms with Crippen LogP contribution >= 0.6 is 7.82 Å². The number of fused-ring (bicyclic) bond motifs is 4. The van der Waals surface area contributed by atoms with Crippen molar-refractivity contribution in [3.8, 4) is 0 Å². The van der Waals surface area contributed by atoms with E-state index in [0.717, 1.165) is 37.5 Å². The summed E-state index contributed by atoms with van der Waals surface area (Å²) >= 11 is 0. The van der Waals surface area contributed by atoms with Crippen LogP contribution in [0.25, 0.3) is 0 Å². The van der Waals surface area contributed by atoms with Gasteiger partial charge in [0.25, 0.3) is 0 Å². The number of phosphoric ester groups is 1. The van der Waals surface area contributed by atoms with Gasteiger partial charge in [0.1, 0.15) is 0 Å². The number of phosphoric acid groups is 1. The van der Waals surface area contributed by atoms with Crippen LogP contribution in [-0.2, 0) is 9.09 Å². The molecule has 0 aromatic carbocycles. The van der Waals surface area contributed by atoms with E-state index in [9.17, 15) is 14.4 Å². The van der Waals surface area contributed by atoms with Crippen molar-refractivity contribution < 1.29 is 18.9 Å². The summed E-state index contributed by atoms with van der Waals surface area (Å²) in [4.78, 5) is 19.1. The van der Waals surface area contributed by atoms with Crippen LogP contribution in [0.4, 0.5) is 0 Å². The molecule has 4 aliphatic rings. The predicted octanol–water partition coefficient (Wildman–Crippen LogP) is 8.60. The lowest BCUT2D eigenvalue weighted by molar-refractivity contribution is -0.0926. The van der Waals surface area contributed by atoms with Gasteiger partial charge in [0.2, 0.25) is 0 Å². The van der Waals surface area contributed by atoms with E-state index in [2.05, 4.69) is 61.5 Å². The summed E-state index contributed by atoms with van der Waals surface area (Å²) in [6.45, 7) is 19.0. The average molecular weight is 507 g/mol. The maximum absolute atomic E-state index is 11.7. The minimum atomic E-state index is -4.49. The second-order valence-corrected chi connectivity index (χ2v) is 15.3. The molecule has 4 rings (SSSR count). The van der Waals surface area contributed by atoms with E-state index in [-0.39, 0.29) is 22.3 Å². The Labute approximate surface area is 214 Å². The van der Waals surface area contributed by atoms with Crippen molar-refractivity contribution in [2.45, 2.75) is 126 Å². The van der Waals surface area contributed by atoms with Crippen LogP contribution in [0.3, 0.4) is 0 Å². The van der Waals surface area contributed by atoms with E-state index in [4.69, 9.17) is 4.52 Å². The van der Waals surface area contributed by atoms with Crippen molar-refractivity contribution in [2.24, 2.45) is 39.4 Å². The minimum Gasteiger partial charge on any atom is -0.303 e. The zero-order valence-electron chi connectivity index (χ0n) is 23.6. The number of allylic oxidation sites excluding steroid dienone is 4. The highest BCUT2D eigenvalue weighted by atomic mass is 31.2. The van der Waals surface area contributed by atoms with Gasteiger partial charge in [-0.15, -0.1) is 0 Å². The van der Waals surface area contributed by atoms with E-state index in [0.29, 0.717) is 11.3 Å². The predicted molar refractivity (Wildman–Crippen MR) is 144 cm³/mol. The van der Waals surface area contributed by atoms with Gasteiger partial charge in [-0.05, 0) is 117 Å². The van der Waals surface area contributed by atoms with Gasteiger partial charge < -0.3 is 9.79 Å². The lowest BCUT2D eigenvalue weighted by Crippen LogP contribution is -2.55. The molecule has 4 nitrogen and oxygen atoms in total. The fourth-order valence-electron chi connectivity index (χ4n) is 9.81. The van der Waals surface area contributed by atoms with Crippen molar-refractivity contribution in [3.63, 3.8) is 0 Å². The van der Waals surface area contributed by atoms with Gasteiger partial charge in [0.05, 0.1) is 6.10 Å². The fraction of sp³-hybridized carbons (Fsp3) is 0.867. The highest BCUT2D eigenvalue weighted by Gasteiger charge is 2.63. The van der Waals surface area contributed by atoms with Gasteiger partial charge >= 0.3 is 7.82 Å². The van der Waals surface area contributed by atoms with Gasteiger partial charge in [-0.2, -0.15) is 0 Å². The van der Waals surface area contributed by atoms with Gasteiger partial charge in [-0.3, -0.25) is 4.52 Å². The zero-order chi connectivity index (χ0) is 26.0. The van der Waals surface area contributed by atoms with E-state index >= 15 is 0 Å². The lowest BCUT2D eigenvalue weighted by Gasteiger charge is -2.62. The molecule has 0 radical (unpaired) electrons. The molecular weight excluding hydrogens is 455 g/mol. The molecule has 0 bridgehead atoms. The molecule has 0 aliphatic heterocycles. The van der Waals surface area contributed by atoms with Gasteiger partial charge in [-0.1, -0.05) is 64.3 Å². The van der Waals surface area contributed by atoms with E-state index in [1.807, 2.05) is 0 Å². The van der Waals surface area contributed by atoms with Crippen LogP contribution < -0.4 is 0 Å². The largest absolute Gasteiger partial charge is 0.469 e. The summed E-state index contributed by atoms with van der Waals surface area (Å²) in [5.74, 6) is 1.94. The van der Waals surface area contributed by atoms with Crippen LogP contribution in [-0.4, -0.2) is 15.9 Å². The van der Waals surface area contributed by atoms with E-state index in [1.54, 1.807) is 11.1 Å². The molecule has 0 amide bonds. The third-order valence-electron chi connectivity index (χ3n) is 11.9. The Morgan fingerprint density at radius 2 is 1.71 bits per heavy atom. The van der Waals surface area contributed by atoms with Crippen LogP contribution in [0.2, 0.25) is 0 Å². The molecule has 0 saturated heterocycles. The van der Waals surface area contributed by atoms with Gasteiger partial charge in [0, 0.05) is 0 Å². The number of rotatable bonds is 6. The van der Waals surface area contributed by atoms with Crippen LogP contribution in [0.1, 0.15) is 120 Å². The molecule has 7 atom stereocenters. The SMILES string of the molecule is CC(C)=CCC[C@@H](C)[C@H]1CC[C@@]2(C)C3=C(CC[C@]12C)[C@@]1(C)CC[C@H](OP(=O)(O)O)C(C)(C)[C@@H]1CC3. The number of hydrogen-bond donors (Lipinski definition) is 2. The first-order valence-electron chi connectivity index (χ1n) is 14.2. The van der Waals surface area contributed by atoms with Crippen LogP contribution in [0.5, 0.6) is 0 Å². The molecule has 4 aliphatic carbocycles. The third kappa shape index (κ3) is 4.47. The van der Waals surface area contributed by atoms with Crippen molar-refractivity contribution in [1.29, 1.82) is 0 Å². The van der Waals surface area contributed by atoms with Crippen molar-refractivity contribution in [1.82, 2.24) is 0 Å². The summed E-state index contributed by atoms with van der Waals surface area (Å²) in [6.07, 6.45) is 13.6. The van der Waals surface area contributed by atoms with Crippen molar-refractivity contribution in [3.05, 3.63) is 22.8 Å². The topological polar surface area (TPSA) is 66.8 Å². The van der Waals surface area contributed by atoms with E-state index in [1.165, 1.54) is 44.1 Å². The number of hydrogen-bond acceptors (Lipinski definition) is 2. The normalized spacial score (nSPS) is 41.6. The lowest BCUT2D eigenvalue weighted by atomic mass is 9.43. The Kier molecular flexibility index (Phi) is 7.19. The zero-order valence-corrected chi connectivity index (χ0v) is 24.5. The average Bonchev–Trinajstić information content (AvgIpc) is 3.01. The van der Waals surface area contributed by atoms with Crippen molar-refractivity contribution in [2.75, 3.05) is 0 Å². The molecule has 5 heteroatoms. The van der Waals surface area contributed by atoms with Gasteiger partial charge in [-0.25, -0.2) is 4.57 Å². The Bertz CT molecular complexity index is 940. The third-order valence-corrected chi connectivity index (χ3v) is 12.4. The second-order valence-electron chi connectivity index (χ2n) is 14.1. The summed E-state index contributed by atoms with van der Waals surface area (Å²) in [5.41, 5.74) is 5.43. The Balaban J connectivity index is 1.63. The van der Waals surface area contributed by atoms with Gasteiger partial charge in [0.15, 0.2) is 0 Å². The maximum atomic E-state index is 11.7. The van der Waals surface area contributed by atoms with Crippen LogP contribution in [0, 0.1) is 39.4 Å². The van der Waals surface area contributed by atoms with E-state index < -0.39 is 7.82 Å². The minimum absolute atomic E-state index is 0.114. The summed E-state index contributed by atoms with van der Waals surface area (Å²) in [7, 11) is -4.49. The molecule has 35 heavy (non-hydrogen) atoms. The highest BCUT2D eigenvalue weighted by molar-refractivity contribution is 7.46. The molecule has 0 spiro atoms. The van der Waals surface area contributed by atoms with Crippen LogP contribution in [0.15, 0.2) is 22.8 Å². The quantitative estimate of drug-likeness (QED) is 0.280. The summed E-state index contributed by atoms with van der Waals surface area (Å²) < 4.78 is 17.1. The second kappa shape index (κ2) is 9.11. The molecule has 0 aromatic heterocycles. The first-order valence-corrected chi connectivity index (χ1v) is 15.7. The first-order chi connectivity index (χ1) is 16.1. The maximum Gasteiger partial charge on any atom is 0.469 e. The molecule has 2 saturated carbocycles. The monoisotopic (exact) mass is 506 g/mol. The smallest absolute Gasteiger partial charge is 0.303 e.